The van der Waals surface area contributed by atoms with Crippen LogP contribution in [0.5, 0.6) is 5.75 Å². The Morgan fingerprint density at radius 1 is 1.32 bits per heavy atom. The quantitative estimate of drug-likeness (QED) is 0.905. The van der Waals surface area contributed by atoms with Crippen molar-refractivity contribution >= 4 is 11.9 Å². The minimum absolute atomic E-state index is 0.170. The van der Waals surface area contributed by atoms with Gasteiger partial charge in [0.1, 0.15) is 12.4 Å². The van der Waals surface area contributed by atoms with Gasteiger partial charge in [-0.25, -0.2) is 0 Å². The number of likely N-dealkylation sites (tertiary alicyclic amines) is 1. The summed E-state index contributed by atoms with van der Waals surface area (Å²) < 4.78 is 5.72. The molecule has 6 nitrogen and oxygen atoms in total. The number of nitrogens with zero attached hydrogens (tertiary/aromatic N) is 2. The highest BCUT2D eigenvalue weighted by Crippen LogP contribution is 2.31. The van der Waals surface area contributed by atoms with Gasteiger partial charge in [-0.05, 0) is 37.6 Å². The summed E-state index contributed by atoms with van der Waals surface area (Å²) in [6.45, 7) is 2.71. The lowest BCUT2D eigenvalue weighted by atomic mass is 9.90. The number of pyridine rings is 1. The maximum Gasteiger partial charge on any atom is 0.311 e. The molecule has 25 heavy (non-hydrogen) atoms. The molecule has 0 bridgehead atoms. The molecule has 1 saturated heterocycles. The first kappa shape index (κ1) is 17.0. The molecule has 1 N–H and O–H groups in total. The molecule has 0 aliphatic carbocycles. The number of hydrogen-bond acceptors (Lipinski definition) is 4. The van der Waals surface area contributed by atoms with Crippen LogP contribution >= 0.6 is 0 Å². The number of aliphatic carboxylic acids is 1. The van der Waals surface area contributed by atoms with Crippen molar-refractivity contribution in [3.05, 3.63) is 59.9 Å². The number of hydrogen-bond donors (Lipinski definition) is 1. The third-order valence-corrected chi connectivity index (χ3v) is 4.49. The highest BCUT2D eigenvalue weighted by atomic mass is 16.5. The van der Waals surface area contributed by atoms with E-state index in [-0.39, 0.29) is 12.5 Å². The van der Waals surface area contributed by atoms with Crippen LogP contribution in [0.15, 0.2) is 48.8 Å². The summed E-state index contributed by atoms with van der Waals surface area (Å²) in [5.41, 5.74) is 0.568. The van der Waals surface area contributed by atoms with Crippen molar-refractivity contribution < 1.29 is 19.4 Å². The zero-order valence-corrected chi connectivity index (χ0v) is 14.0. The van der Waals surface area contributed by atoms with E-state index >= 15 is 0 Å². The van der Waals surface area contributed by atoms with Crippen molar-refractivity contribution in [2.45, 2.75) is 20.0 Å². The zero-order chi connectivity index (χ0) is 17.9. The van der Waals surface area contributed by atoms with Crippen LogP contribution in [0.3, 0.4) is 0 Å². The Morgan fingerprint density at radius 2 is 2.16 bits per heavy atom. The lowest BCUT2D eigenvalue weighted by Crippen LogP contribution is -2.34. The number of carboxylic acid groups (broad SMARTS) is 1. The van der Waals surface area contributed by atoms with Crippen LogP contribution in [0.25, 0.3) is 0 Å². The maximum absolute atomic E-state index is 12.7. The van der Waals surface area contributed by atoms with Crippen LogP contribution in [0.1, 0.15) is 29.3 Å². The molecule has 2 aromatic rings. The fourth-order valence-corrected chi connectivity index (χ4v) is 2.86. The summed E-state index contributed by atoms with van der Waals surface area (Å²) >= 11 is 0. The summed E-state index contributed by atoms with van der Waals surface area (Å²) in [4.78, 5) is 29.6. The van der Waals surface area contributed by atoms with E-state index in [9.17, 15) is 14.7 Å². The van der Waals surface area contributed by atoms with Crippen molar-refractivity contribution in [2.24, 2.45) is 5.41 Å². The van der Waals surface area contributed by atoms with Gasteiger partial charge in [-0.15, -0.1) is 0 Å². The predicted octanol–water partition coefficient (Wildman–Crippen LogP) is 2.60. The zero-order valence-electron chi connectivity index (χ0n) is 14.0. The van der Waals surface area contributed by atoms with Crippen molar-refractivity contribution in [2.75, 3.05) is 13.1 Å². The van der Waals surface area contributed by atoms with Crippen LogP contribution in [-0.4, -0.2) is 40.0 Å². The molecule has 1 fully saturated rings. The fourth-order valence-electron chi connectivity index (χ4n) is 2.86. The highest BCUT2D eigenvalue weighted by molar-refractivity contribution is 5.95. The summed E-state index contributed by atoms with van der Waals surface area (Å²) in [5, 5.41) is 9.30. The van der Waals surface area contributed by atoms with E-state index in [1.54, 1.807) is 48.5 Å². The lowest BCUT2D eigenvalue weighted by molar-refractivity contribution is -0.147. The SMILES string of the molecule is CC1(C(=O)O)CCN(C(=O)c2cccc(OCc3cccnc3)c2)C1. The molecule has 1 aromatic carbocycles. The second kappa shape index (κ2) is 6.93. The van der Waals surface area contributed by atoms with Crippen LogP contribution in [0.2, 0.25) is 0 Å². The van der Waals surface area contributed by atoms with Crippen LogP contribution < -0.4 is 4.74 Å². The second-order valence-electron chi connectivity index (χ2n) is 6.52. The van der Waals surface area contributed by atoms with E-state index in [1.807, 2.05) is 12.1 Å². The van der Waals surface area contributed by atoms with Gasteiger partial charge in [-0.3, -0.25) is 14.6 Å². The Labute approximate surface area is 146 Å². The largest absolute Gasteiger partial charge is 0.489 e. The topological polar surface area (TPSA) is 79.7 Å². The lowest BCUT2D eigenvalue weighted by Gasteiger charge is -2.20. The van der Waals surface area contributed by atoms with Crippen LogP contribution in [0, 0.1) is 5.41 Å². The summed E-state index contributed by atoms with van der Waals surface area (Å²) in [6, 6.07) is 10.7. The van der Waals surface area contributed by atoms with E-state index in [4.69, 9.17) is 4.74 Å². The number of ether oxygens (including phenoxy) is 1. The standard InChI is InChI=1S/C19H20N2O4/c1-19(18(23)24)7-9-21(13-19)17(22)15-5-2-6-16(10-15)25-12-14-4-3-8-20-11-14/h2-6,8,10-11H,7,9,12-13H2,1H3,(H,23,24). The van der Waals surface area contributed by atoms with Gasteiger partial charge in [0.2, 0.25) is 0 Å². The number of carbonyl (C=O) groups is 2. The van der Waals surface area contributed by atoms with Gasteiger partial charge in [-0.1, -0.05) is 12.1 Å². The molecule has 1 amide bonds. The van der Waals surface area contributed by atoms with E-state index in [1.165, 1.54) is 0 Å². The molecule has 1 atom stereocenters. The number of carbonyl (C=O) groups excluding carboxylic acids is 1. The molecule has 6 heteroatoms. The molecule has 2 heterocycles. The third kappa shape index (κ3) is 3.79. The second-order valence-corrected chi connectivity index (χ2v) is 6.52. The van der Waals surface area contributed by atoms with E-state index in [0.717, 1.165) is 5.56 Å². The highest BCUT2D eigenvalue weighted by Gasteiger charge is 2.42. The molecule has 0 saturated carbocycles. The summed E-state index contributed by atoms with van der Waals surface area (Å²) in [7, 11) is 0. The summed E-state index contributed by atoms with van der Waals surface area (Å²) in [6.07, 6.45) is 3.89. The van der Waals surface area contributed by atoms with Gasteiger partial charge in [-0.2, -0.15) is 0 Å². The first-order valence-electron chi connectivity index (χ1n) is 8.12. The number of rotatable bonds is 5. The van der Waals surface area contributed by atoms with Gasteiger partial charge >= 0.3 is 5.97 Å². The fraction of sp³-hybridized carbons (Fsp3) is 0.316. The van der Waals surface area contributed by atoms with Crippen molar-refractivity contribution in [1.82, 2.24) is 9.88 Å². The van der Waals surface area contributed by atoms with Crippen LogP contribution in [0.4, 0.5) is 0 Å². The van der Waals surface area contributed by atoms with Crippen molar-refractivity contribution in [3.63, 3.8) is 0 Å². The Bertz CT molecular complexity index is 778. The summed E-state index contributed by atoms with van der Waals surface area (Å²) in [5.74, 6) is -0.442. The van der Waals surface area contributed by atoms with Gasteiger partial charge < -0.3 is 14.7 Å². The van der Waals surface area contributed by atoms with Crippen molar-refractivity contribution in [1.29, 1.82) is 0 Å². The van der Waals surface area contributed by atoms with Gasteiger partial charge in [0.15, 0.2) is 0 Å². The molecule has 1 unspecified atom stereocenters. The predicted molar refractivity (Wildman–Crippen MR) is 91.3 cm³/mol. The molecule has 0 spiro atoms. The van der Waals surface area contributed by atoms with Crippen LogP contribution in [-0.2, 0) is 11.4 Å². The monoisotopic (exact) mass is 340 g/mol. The molecule has 1 aromatic heterocycles. The maximum atomic E-state index is 12.7. The average Bonchev–Trinajstić information content (AvgIpc) is 3.04. The number of carboxylic acids is 1. The van der Waals surface area contributed by atoms with Gasteiger partial charge in [0, 0.05) is 36.6 Å². The first-order valence-corrected chi connectivity index (χ1v) is 8.12. The smallest absolute Gasteiger partial charge is 0.311 e. The van der Waals surface area contributed by atoms with E-state index in [0.29, 0.717) is 30.9 Å². The Hall–Kier alpha value is -2.89. The molecule has 130 valence electrons. The third-order valence-electron chi connectivity index (χ3n) is 4.49. The minimum Gasteiger partial charge on any atom is -0.489 e. The van der Waals surface area contributed by atoms with Gasteiger partial charge in [0.05, 0.1) is 5.41 Å². The molecular weight excluding hydrogens is 320 g/mol. The van der Waals surface area contributed by atoms with E-state index < -0.39 is 11.4 Å². The molecule has 3 rings (SSSR count). The first-order chi connectivity index (χ1) is 12.0. The molecule has 1 aliphatic heterocycles. The number of amides is 1. The minimum atomic E-state index is -0.871. The van der Waals surface area contributed by atoms with Gasteiger partial charge in [0.25, 0.3) is 5.91 Å². The number of aromatic nitrogens is 1. The average molecular weight is 340 g/mol. The molecule has 0 radical (unpaired) electrons. The Balaban J connectivity index is 1.67. The molecule has 1 aliphatic rings. The Kier molecular flexibility index (Phi) is 4.70. The normalized spacial score (nSPS) is 19.6. The molecular formula is C19H20N2O4. The Morgan fingerprint density at radius 3 is 2.84 bits per heavy atom. The number of benzene rings is 1. The van der Waals surface area contributed by atoms with E-state index in [2.05, 4.69) is 4.98 Å². The van der Waals surface area contributed by atoms with Crippen molar-refractivity contribution in [3.8, 4) is 5.75 Å².